The Morgan fingerprint density at radius 3 is 2.88 bits per heavy atom. The van der Waals surface area contributed by atoms with E-state index in [1.54, 1.807) is 6.92 Å². The second kappa shape index (κ2) is 9.64. The molecule has 7 heteroatoms. The van der Waals surface area contributed by atoms with Crippen molar-refractivity contribution in [1.29, 1.82) is 0 Å². The Bertz CT molecular complexity index is 636. The van der Waals surface area contributed by atoms with Crippen LogP contribution in [0.2, 0.25) is 0 Å². The van der Waals surface area contributed by atoms with Crippen LogP contribution in [-0.2, 0) is 14.3 Å². The number of amides is 1. The maximum atomic E-state index is 13.5. The summed E-state index contributed by atoms with van der Waals surface area (Å²) in [7, 11) is 0. The van der Waals surface area contributed by atoms with Crippen LogP contribution in [0.3, 0.4) is 0 Å². The van der Waals surface area contributed by atoms with E-state index in [-0.39, 0.29) is 11.7 Å². The molecule has 1 saturated heterocycles. The standard InChI is InChI=1S/C19H27FN2O4/c1-13(2)10-22-6-7-25-16(11-22)9-21-18(23)12-26-19(24)15-5-4-14(3)17(20)8-15/h4-5,8,13,16H,6-7,9-12H2,1-3H3,(H,21,23)/t16-/m0/s1. The van der Waals surface area contributed by atoms with Gasteiger partial charge in [-0.3, -0.25) is 9.69 Å². The molecule has 1 aliphatic heterocycles. The maximum Gasteiger partial charge on any atom is 0.338 e. The van der Waals surface area contributed by atoms with E-state index in [4.69, 9.17) is 9.47 Å². The largest absolute Gasteiger partial charge is 0.452 e. The molecular formula is C19H27FN2O4. The minimum atomic E-state index is -0.726. The van der Waals surface area contributed by atoms with E-state index in [0.29, 0.717) is 24.6 Å². The third-order valence-electron chi connectivity index (χ3n) is 4.12. The first-order chi connectivity index (χ1) is 12.3. The SMILES string of the molecule is Cc1ccc(C(=O)OCC(=O)NC[C@H]2CN(CC(C)C)CCO2)cc1F. The lowest BCUT2D eigenvalue weighted by molar-refractivity contribution is -0.125. The van der Waals surface area contributed by atoms with Gasteiger partial charge in [0.2, 0.25) is 0 Å². The first kappa shape index (κ1) is 20.3. The topological polar surface area (TPSA) is 67.9 Å². The van der Waals surface area contributed by atoms with Crippen molar-refractivity contribution in [3.8, 4) is 0 Å². The first-order valence-electron chi connectivity index (χ1n) is 8.89. The molecule has 1 aliphatic rings. The highest BCUT2D eigenvalue weighted by Gasteiger charge is 2.21. The lowest BCUT2D eigenvalue weighted by Gasteiger charge is -2.33. The number of nitrogens with one attached hydrogen (secondary N) is 1. The Morgan fingerprint density at radius 2 is 2.19 bits per heavy atom. The van der Waals surface area contributed by atoms with Gasteiger partial charge in [-0.05, 0) is 30.5 Å². The molecule has 0 radical (unpaired) electrons. The molecule has 1 heterocycles. The van der Waals surface area contributed by atoms with E-state index >= 15 is 0 Å². The molecule has 0 bridgehead atoms. The van der Waals surface area contributed by atoms with E-state index in [1.807, 2.05) is 0 Å². The minimum Gasteiger partial charge on any atom is -0.452 e. The monoisotopic (exact) mass is 366 g/mol. The molecule has 2 rings (SSSR count). The van der Waals surface area contributed by atoms with E-state index < -0.39 is 24.3 Å². The molecule has 0 spiro atoms. The second-order valence-corrected chi connectivity index (χ2v) is 6.99. The normalized spacial score (nSPS) is 18.0. The Hall–Kier alpha value is -1.99. The van der Waals surface area contributed by atoms with Crippen LogP contribution in [0.4, 0.5) is 4.39 Å². The number of benzene rings is 1. The van der Waals surface area contributed by atoms with Gasteiger partial charge in [-0.2, -0.15) is 0 Å². The van der Waals surface area contributed by atoms with Gasteiger partial charge in [-0.25, -0.2) is 9.18 Å². The predicted molar refractivity (Wildman–Crippen MR) is 95.4 cm³/mol. The molecule has 1 fully saturated rings. The molecular weight excluding hydrogens is 339 g/mol. The highest BCUT2D eigenvalue weighted by atomic mass is 19.1. The zero-order valence-electron chi connectivity index (χ0n) is 15.6. The summed E-state index contributed by atoms with van der Waals surface area (Å²) in [5, 5.41) is 2.71. The number of halogens is 1. The number of hydrogen-bond donors (Lipinski definition) is 1. The third kappa shape index (κ3) is 6.38. The summed E-state index contributed by atoms with van der Waals surface area (Å²) in [5.41, 5.74) is 0.527. The average molecular weight is 366 g/mol. The number of rotatable bonds is 7. The molecule has 1 amide bonds. The number of aryl methyl sites for hydroxylation is 1. The van der Waals surface area contributed by atoms with E-state index in [9.17, 15) is 14.0 Å². The van der Waals surface area contributed by atoms with Gasteiger partial charge in [0.15, 0.2) is 6.61 Å². The van der Waals surface area contributed by atoms with Crippen LogP contribution >= 0.6 is 0 Å². The summed E-state index contributed by atoms with van der Waals surface area (Å²) in [4.78, 5) is 26.1. The number of carbonyl (C=O) groups excluding carboxylic acids is 2. The van der Waals surface area contributed by atoms with Crippen molar-refractivity contribution in [3.63, 3.8) is 0 Å². The van der Waals surface area contributed by atoms with Gasteiger partial charge in [0.1, 0.15) is 5.82 Å². The third-order valence-corrected chi connectivity index (χ3v) is 4.12. The summed E-state index contributed by atoms with van der Waals surface area (Å²) in [6.45, 7) is 9.20. The number of hydrogen-bond acceptors (Lipinski definition) is 5. The predicted octanol–water partition coefficient (Wildman–Crippen LogP) is 1.76. The lowest BCUT2D eigenvalue weighted by atomic mass is 10.1. The lowest BCUT2D eigenvalue weighted by Crippen LogP contribution is -2.48. The Labute approximate surface area is 153 Å². The molecule has 0 aromatic heterocycles. The minimum absolute atomic E-state index is 0.0756. The summed E-state index contributed by atoms with van der Waals surface area (Å²) >= 11 is 0. The molecule has 144 valence electrons. The number of carbonyl (C=O) groups is 2. The van der Waals surface area contributed by atoms with Crippen LogP contribution < -0.4 is 5.32 Å². The fraction of sp³-hybridized carbons (Fsp3) is 0.579. The van der Waals surface area contributed by atoms with Gasteiger partial charge in [-0.1, -0.05) is 19.9 Å². The molecule has 1 aromatic carbocycles. The van der Waals surface area contributed by atoms with Crippen molar-refractivity contribution >= 4 is 11.9 Å². The fourth-order valence-electron chi connectivity index (χ4n) is 2.80. The molecule has 6 nitrogen and oxygen atoms in total. The Morgan fingerprint density at radius 1 is 1.42 bits per heavy atom. The van der Waals surface area contributed by atoms with E-state index in [0.717, 1.165) is 25.7 Å². The first-order valence-corrected chi connectivity index (χ1v) is 8.89. The second-order valence-electron chi connectivity index (χ2n) is 6.99. The van der Waals surface area contributed by atoms with Gasteiger partial charge < -0.3 is 14.8 Å². The van der Waals surface area contributed by atoms with Crippen LogP contribution in [0.25, 0.3) is 0 Å². The highest BCUT2D eigenvalue weighted by molar-refractivity contribution is 5.91. The molecule has 1 aromatic rings. The Balaban J connectivity index is 1.71. The van der Waals surface area contributed by atoms with Crippen molar-refractivity contribution < 1.29 is 23.5 Å². The number of morpholine rings is 1. The zero-order chi connectivity index (χ0) is 19.1. The quantitative estimate of drug-likeness (QED) is 0.745. The average Bonchev–Trinajstić information content (AvgIpc) is 2.60. The molecule has 0 saturated carbocycles. The van der Waals surface area contributed by atoms with Crippen LogP contribution in [-0.4, -0.2) is 62.3 Å². The van der Waals surface area contributed by atoms with E-state index in [1.165, 1.54) is 12.1 Å². The van der Waals surface area contributed by atoms with Crippen molar-refractivity contribution in [2.45, 2.75) is 26.9 Å². The van der Waals surface area contributed by atoms with Crippen molar-refractivity contribution in [3.05, 3.63) is 35.1 Å². The van der Waals surface area contributed by atoms with Crippen molar-refractivity contribution in [2.24, 2.45) is 5.92 Å². The van der Waals surface area contributed by atoms with Crippen LogP contribution in [0.5, 0.6) is 0 Å². The van der Waals surface area contributed by atoms with Gasteiger partial charge in [0, 0.05) is 26.2 Å². The Kier molecular flexibility index (Phi) is 7.53. The van der Waals surface area contributed by atoms with Gasteiger partial charge in [-0.15, -0.1) is 0 Å². The molecule has 26 heavy (non-hydrogen) atoms. The summed E-state index contributed by atoms with van der Waals surface area (Å²) < 4.78 is 24.1. The number of esters is 1. The maximum absolute atomic E-state index is 13.5. The van der Waals surface area contributed by atoms with Gasteiger partial charge >= 0.3 is 5.97 Å². The van der Waals surface area contributed by atoms with Crippen LogP contribution in [0.1, 0.15) is 29.8 Å². The number of nitrogens with zero attached hydrogens (tertiary/aromatic N) is 1. The van der Waals surface area contributed by atoms with Crippen LogP contribution in [0.15, 0.2) is 18.2 Å². The van der Waals surface area contributed by atoms with Gasteiger partial charge in [0.05, 0.1) is 18.3 Å². The molecule has 0 aliphatic carbocycles. The molecule has 1 N–H and O–H groups in total. The van der Waals surface area contributed by atoms with Crippen molar-refractivity contribution in [1.82, 2.24) is 10.2 Å². The van der Waals surface area contributed by atoms with Crippen molar-refractivity contribution in [2.75, 3.05) is 39.4 Å². The smallest absolute Gasteiger partial charge is 0.338 e. The van der Waals surface area contributed by atoms with Gasteiger partial charge in [0.25, 0.3) is 5.91 Å². The van der Waals surface area contributed by atoms with E-state index in [2.05, 4.69) is 24.1 Å². The number of ether oxygens (including phenoxy) is 2. The highest BCUT2D eigenvalue weighted by Crippen LogP contribution is 2.10. The fourth-order valence-corrected chi connectivity index (χ4v) is 2.80. The molecule has 1 atom stereocenters. The molecule has 0 unspecified atom stereocenters. The summed E-state index contributed by atoms with van der Waals surface area (Å²) in [5.74, 6) is -1.04. The summed E-state index contributed by atoms with van der Waals surface area (Å²) in [6, 6.07) is 4.07. The summed E-state index contributed by atoms with van der Waals surface area (Å²) in [6.07, 6.45) is -0.0756. The van der Waals surface area contributed by atoms with Crippen LogP contribution in [0, 0.1) is 18.7 Å². The zero-order valence-corrected chi connectivity index (χ0v) is 15.6.